The maximum atomic E-state index is 12.4. The number of carbonyl (C=O) groups is 1. The largest absolute Gasteiger partial charge is 0.378 e. The first kappa shape index (κ1) is 16.0. The Morgan fingerprint density at radius 1 is 1.36 bits per heavy atom. The highest BCUT2D eigenvalue weighted by Crippen LogP contribution is 2.20. The number of imidazole rings is 1. The summed E-state index contributed by atoms with van der Waals surface area (Å²) in [5.41, 5.74) is 1.56. The van der Waals surface area contributed by atoms with E-state index in [1.165, 1.54) is 0 Å². The van der Waals surface area contributed by atoms with E-state index in [0.29, 0.717) is 31.9 Å². The van der Waals surface area contributed by atoms with Crippen LogP contribution in [0.2, 0.25) is 0 Å². The monoisotopic (exact) mass is 357 g/mol. The summed E-state index contributed by atoms with van der Waals surface area (Å²) in [6, 6.07) is 3.68. The smallest absolute Gasteiger partial charge is 0.255 e. The number of aromatic nitrogens is 3. The first-order valence-corrected chi connectivity index (χ1v) is 9.10. The number of pyridine rings is 1. The lowest BCUT2D eigenvalue weighted by Crippen LogP contribution is -2.40. The SMILES string of the molecule is CC(Nc1ccc(C(=O)N2CCOCC2)cn1)c1cn2ccsc2n1. The Morgan fingerprint density at radius 2 is 2.20 bits per heavy atom. The van der Waals surface area contributed by atoms with Gasteiger partial charge < -0.3 is 15.0 Å². The number of hydrogen-bond donors (Lipinski definition) is 1. The topological polar surface area (TPSA) is 71.8 Å². The number of amides is 1. The molecule has 1 aliphatic rings. The van der Waals surface area contributed by atoms with Crippen molar-refractivity contribution in [2.75, 3.05) is 31.6 Å². The van der Waals surface area contributed by atoms with Gasteiger partial charge in [-0.1, -0.05) is 0 Å². The highest BCUT2D eigenvalue weighted by Gasteiger charge is 2.19. The van der Waals surface area contributed by atoms with Crippen molar-refractivity contribution in [3.8, 4) is 0 Å². The van der Waals surface area contributed by atoms with Gasteiger partial charge >= 0.3 is 0 Å². The summed E-state index contributed by atoms with van der Waals surface area (Å²) in [7, 11) is 0. The van der Waals surface area contributed by atoms with Crippen LogP contribution in [-0.4, -0.2) is 51.5 Å². The Hall–Kier alpha value is -2.45. The summed E-state index contributed by atoms with van der Waals surface area (Å²) in [5.74, 6) is 0.729. The van der Waals surface area contributed by atoms with Crippen LogP contribution in [0.4, 0.5) is 5.82 Å². The number of nitrogens with one attached hydrogen (secondary N) is 1. The van der Waals surface area contributed by atoms with Crippen LogP contribution in [0, 0.1) is 0 Å². The molecule has 0 bridgehead atoms. The maximum absolute atomic E-state index is 12.4. The molecule has 1 saturated heterocycles. The van der Waals surface area contributed by atoms with Crippen LogP contribution in [0.3, 0.4) is 0 Å². The molecule has 0 radical (unpaired) electrons. The zero-order valence-electron chi connectivity index (χ0n) is 13.9. The van der Waals surface area contributed by atoms with E-state index >= 15 is 0 Å². The second-order valence-corrected chi connectivity index (χ2v) is 6.83. The molecule has 3 aromatic heterocycles. The van der Waals surface area contributed by atoms with Crippen molar-refractivity contribution in [3.05, 3.63) is 47.4 Å². The van der Waals surface area contributed by atoms with E-state index in [-0.39, 0.29) is 11.9 Å². The van der Waals surface area contributed by atoms with Crippen molar-refractivity contribution in [1.29, 1.82) is 0 Å². The second-order valence-electron chi connectivity index (χ2n) is 5.96. The van der Waals surface area contributed by atoms with Crippen molar-refractivity contribution in [2.45, 2.75) is 13.0 Å². The van der Waals surface area contributed by atoms with Crippen LogP contribution in [0.15, 0.2) is 36.1 Å². The lowest BCUT2D eigenvalue weighted by Gasteiger charge is -2.26. The molecule has 130 valence electrons. The molecule has 0 spiro atoms. The molecule has 7 nitrogen and oxygen atoms in total. The molecule has 4 rings (SSSR count). The maximum Gasteiger partial charge on any atom is 0.255 e. The fourth-order valence-electron chi connectivity index (χ4n) is 2.80. The van der Waals surface area contributed by atoms with E-state index in [9.17, 15) is 4.79 Å². The average molecular weight is 357 g/mol. The van der Waals surface area contributed by atoms with Gasteiger partial charge in [0.2, 0.25) is 0 Å². The summed E-state index contributed by atoms with van der Waals surface area (Å²) >= 11 is 1.61. The van der Waals surface area contributed by atoms with Crippen LogP contribution in [-0.2, 0) is 4.74 Å². The molecule has 3 aromatic rings. The molecule has 0 aromatic carbocycles. The highest BCUT2D eigenvalue weighted by molar-refractivity contribution is 7.15. The number of thiazole rings is 1. The summed E-state index contributed by atoms with van der Waals surface area (Å²) in [4.78, 5) is 24.2. The molecule has 0 saturated carbocycles. The van der Waals surface area contributed by atoms with Gasteiger partial charge in [0.1, 0.15) is 5.82 Å². The van der Waals surface area contributed by atoms with Crippen LogP contribution in [0.5, 0.6) is 0 Å². The molecule has 25 heavy (non-hydrogen) atoms. The Kier molecular flexibility index (Phi) is 4.37. The van der Waals surface area contributed by atoms with Crippen LogP contribution < -0.4 is 5.32 Å². The standard InChI is InChI=1S/C17H19N5O2S/c1-12(14-11-22-6-9-25-17(22)20-14)19-15-3-2-13(10-18-15)16(23)21-4-7-24-8-5-21/h2-3,6,9-12H,4-5,7-8H2,1H3,(H,18,19). The number of nitrogens with zero attached hydrogens (tertiary/aromatic N) is 4. The molecule has 4 heterocycles. The van der Waals surface area contributed by atoms with Gasteiger partial charge in [0.25, 0.3) is 5.91 Å². The minimum absolute atomic E-state index is 0.00439. The van der Waals surface area contributed by atoms with Crippen molar-refractivity contribution in [3.63, 3.8) is 0 Å². The average Bonchev–Trinajstić information content (AvgIpc) is 3.24. The normalized spacial score (nSPS) is 16.1. The Labute approximate surface area is 149 Å². The van der Waals surface area contributed by atoms with Gasteiger partial charge in [0.15, 0.2) is 4.96 Å². The number of carbonyl (C=O) groups excluding carboxylic acids is 1. The molecule has 1 atom stereocenters. The predicted octanol–water partition coefficient (Wildman–Crippen LogP) is 2.44. The third-order valence-corrected chi connectivity index (χ3v) is 5.00. The Morgan fingerprint density at radius 3 is 2.92 bits per heavy atom. The zero-order chi connectivity index (χ0) is 17.2. The summed E-state index contributed by atoms with van der Waals surface area (Å²) in [6.07, 6.45) is 5.63. The van der Waals surface area contributed by atoms with E-state index in [4.69, 9.17) is 4.74 Å². The van der Waals surface area contributed by atoms with Gasteiger partial charge in [-0.2, -0.15) is 0 Å². The molecule has 1 amide bonds. The van der Waals surface area contributed by atoms with Gasteiger partial charge in [0, 0.05) is 37.1 Å². The molecular formula is C17H19N5O2S. The van der Waals surface area contributed by atoms with Crippen molar-refractivity contribution in [1.82, 2.24) is 19.3 Å². The fraction of sp³-hybridized carbons (Fsp3) is 0.353. The van der Waals surface area contributed by atoms with Gasteiger partial charge in [0.05, 0.1) is 30.5 Å². The Balaban J connectivity index is 1.42. The number of morpholine rings is 1. The highest BCUT2D eigenvalue weighted by atomic mass is 32.1. The van der Waals surface area contributed by atoms with Crippen LogP contribution in [0.25, 0.3) is 4.96 Å². The quantitative estimate of drug-likeness (QED) is 0.776. The fourth-order valence-corrected chi connectivity index (χ4v) is 3.51. The van der Waals surface area contributed by atoms with Gasteiger partial charge in [-0.25, -0.2) is 9.97 Å². The molecule has 0 aliphatic carbocycles. The number of hydrogen-bond acceptors (Lipinski definition) is 6. The van der Waals surface area contributed by atoms with E-state index in [2.05, 4.69) is 15.3 Å². The number of anilines is 1. The number of fused-ring (bicyclic) bond motifs is 1. The zero-order valence-corrected chi connectivity index (χ0v) is 14.7. The number of rotatable bonds is 4. The third-order valence-electron chi connectivity index (χ3n) is 4.23. The lowest BCUT2D eigenvalue weighted by atomic mass is 10.2. The third kappa shape index (κ3) is 3.35. The minimum Gasteiger partial charge on any atom is -0.378 e. The van der Waals surface area contributed by atoms with Crippen molar-refractivity contribution >= 4 is 28.0 Å². The van der Waals surface area contributed by atoms with E-state index in [1.807, 2.05) is 41.2 Å². The van der Waals surface area contributed by atoms with E-state index < -0.39 is 0 Å². The van der Waals surface area contributed by atoms with Crippen molar-refractivity contribution < 1.29 is 9.53 Å². The van der Waals surface area contributed by atoms with Crippen molar-refractivity contribution in [2.24, 2.45) is 0 Å². The minimum atomic E-state index is 0.00439. The van der Waals surface area contributed by atoms with Crippen LogP contribution in [0.1, 0.15) is 29.0 Å². The van der Waals surface area contributed by atoms with E-state index in [0.717, 1.165) is 16.5 Å². The molecular weight excluding hydrogens is 338 g/mol. The number of ether oxygens (including phenoxy) is 1. The molecule has 8 heteroatoms. The summed E-state index contributed by atoms with van der Waals surface area (Å²) in [5, 5.41) is 5.34. The predicted molar refractivity (Wildman–Crippen MR) is 96.1 cm³/mol. The molecule has 1 fully saturated rings. The summed E-state index contributed by atoms with van der Waals surface area (Å²) < 4.78 is 7.29. The van der Waals surface area contributed by atoms with Gasteiger partial charge in [-0.05, 0) is 19.1 Å². The molecule has 1 aliphatic heterocycles. The summed E-state index contributed by atoms with van der Waals surface area (Å²) in [6.45, 7) is 4.50. The van der Waals surface area contributed by atoms with E-state index in [1.54, 1.807) is 22.4 Å². The first-order valence-electron chi connectivity index (χ1n) is 8.22. The lowest BCUT2D eigenvalue weighted by molar-refractivity contribution is 0.0302. The van der Waals surface area contributed by atoms with Crippen LogP contribution >= 0.6 is 11.3 Å². The first-order chi connectivity index (χ1) is 12.2. The molecule has 1 unspecified atom stereocenters. The van der Waals surface area contributed by atoms with Gasteiger partial charge in [-0.15, -0.1) is 11.3 Å². The second kappa shape index (κ2) is 6.81. The Bertz CT molecular complexity index is 838. The molecule has 1 N–H and O–H groups in total. The van der Waals surface area contributed by atoms with Gasteiger partial charge in [-0.3, -0.25) is 9.20 Å².